The first-order valence-corrected chi connectivity index (χ1v) is 7.35. The maximum Gasteiger partial charge on any atom is 0.120 e. The topological polar surface area (TPSA) is 21.3 Å². The van der Waals surface area contributed by atoms with E-state index in [0.717, 1.165) is 18.8 Å². The summed E-state index contributed by atoms with van der Waals surface area (Å²) in [5.41, 5.74) is 1.31. The lowest BCUT2D eigenvalue weighted by Crippen LogP contribution is -2.15. The molecule has 18 heavy (non-hydrogen) atoms. The van der Waals surface area contributed by atoms with Gasteiger partial charge in [-0.05, 0) is 49.9 Å². The maximum absolute atomic E-state index is 6.13. The maximum atomic E-state index is 6.13. The zero-order valence-corrected chi connectivity index (χ0v) is 11.5. The molecule has 0 atom stereocenters. The molecule has 2 heteroatoms. The van der Waals surface area contributed by atoms with Crippen LogP contribution in [0.2, 0.25) is 0 Å². The molecule has 1 N–H and O–H groups in total. The minimum atomic E-state index is 0.432. The summed E-state index contributed by atoms with van der Waals surface area (Å²) in [6.07, 6.45) is 8.26. The summed E-state index contributed by atoms with van der Waals surface area (Å²) in [5, 5.41) is 3.35. The Morgan fingerprint density at radius 1 is 1.17 bits per heavy atom. The molecule has 1 fully saturated rings. The summed E-state index contributed by atoms with van der Waals surface area (Å²) in [4.78, 5) is 0. The third-order valence-electron chi connectivity index (χ3n) is 3.58. The summed E-state index contributed by atoms with van der Waals surface area (Å²) in [7, 11) is 0. The van der Waals surface area contributed by atoms with Gasteiger partial charge in [-0.15, -0.1) is 0 Å². The van der Waals surface area contributed by atoms with Crippen molar-refractivity contribution in [1.82, 2.24) is 5.32 Å². The first kappa shape index (κ1) is 13.4. The molecule has 1 aliphatic rings. The third kappa shape index (κ3) is 4.34. The lowest BCUT2D eigenvalue weighted by atomic mass is 10.1. The molecular weight excluding hydrogens is 222 g/mol. The van der Waals surface area contributed by atoms with Crippen molar-refractivity contribution in [1.29, 1.82) is 0 Å². The highest BCUT2D eigenvalue weighted by molar-refractivity contribution is 5.28. The fraction of sp³-hybridized carbons (Fsp3) is 0.625. The molecule has 1 aromatic rings. The predicted molar refractivity (Wildman–Crippen MR) is 75.9 cm³/mol. The number of ether oxygens (including phenoxy) is 1. The Balaban J connectivity index is 1.91. The highest BCUT2D eigenvalue weighted by Gasteiger charge is 2.13. The van der Waals surface area contributed by atoms with Gasteiger partial charge in [0.2, 0.25) is 0 Å². The van der Waals surface area contributed by atoms with Crippen LogP contribution < -0.4 is 10.1 Å². The van der Waals surface area contributed by atoms with Crippen LogP contribution in [0.4, 0.5) is 0 Å². The molecule has 0 aromatic heterocycles. The molecular formula is C16H25NO. The molecule has 0 amide bonds. The number of nitrogens with one attached hydrogen (secondary N) is 1. The van der Waals surface area contributed by atoms with Gasteiger partial charge in [0.15, 0.2) is 0 Å². The van der Waals surface area contributed by atoms with Gasteiger partial charge in [0, 0.05) is 6.54 Å². The molecule has 0 saturated heterocycles. The summed E-state index contributed by atoms with van der Waals surface area (Å²) < 4.78 is 6.13. The minimum absolute atomic E-state index is 0.432. The van der Waals surface area contributed by atoms with Gasteiger partial charge in [-0.2, -0.15) is 0 Å². The fourth-order valence-electron chi connectivity index (χ4n) is 2.55. The third-order valence-corrected chi connectivity index (χ3v) is 3.58. The number of rotatable bonds is 5. The van der Waals surface area contributed by atoms with Crippen LogP contribution >= 0.6 is 0 Å². The van der Waals surface area contributed by atoms with Crippen molar-refractivity contribution in [3.63, 3.8) is 0 Å². The van der Waals surface area contributed by atoms with Crippen LogP contribution in [0.5, 0.6) is 5.75 Å². The number of hydrogen-bond acceptors (Lipinski definition) is 2. The molecule has 0 unspecified atom stereocenters. The highest BCUT2D eigenvalue weighted by Crippen LogP contribution is 2.23. The minimum Gasteiger partial charge on any atom is -0.490 e. The molecule has 1 aromatic carbocycles. The summed E-state index contributed by atoms with van der Waals surface area (Å²) >= 11 is 0. The van der Waals surface area contributed by atoms with Crippen molar-refractivity contribution in [3.05, 3.63) is 29.8 Å². The molecule has 2 rings (SSSR count). The van der Waals surface area contributed by atoms with E-state index < -0.39 is 0 Å². The first-order chi connectivity index (χ1) is 8.88. The van der Waals surface area contributed by atoms with Crippen LogP contribution in [0.25, 0.3) is 0 Å². The Morgan fingerprint density at radius 3 is 2.67 bits per heavy atom. The van der Waals surface area contributed by atoms with Crippen molar-refractivity contribution in [2.75, 3.05) is 6.54 Å². The Morgan fingerprint density at radius 2 is 1.94 bits per heavy atom. The van der Waals surface area contributed by atoms with Crippen LogP contribution in [0.1, 0.15) is 51.0 Å². The first-order valence-electron chi connectivity index (χ1n) is 7.35. The predicted octanol–water partition coefficient (Wildman–Crippen LogP) is 3.90. The molecule has 100 valence electrons. The number of hydrogen-bond donors (Lipinski definition) is 1. The molecule has 0 heterocycles. The van der Waals surface area contributed by atoms with E-state index >= 15 is 0 Å². The van der Waals surface area contributed by atoms with E-state index in [1.807, 2.05) is 0 Å². The van der Waals surface area contributed by atoms with Crippen molar-refractivity contribution in [2.45, 2.75) is 58.1 Å². The average molecular weight is 247 g/mol. The standard InChI is InChI=1S/C16H25NO/c1-2-17-13-14-8-7-11-16(12-14)18-15-9-5-3-4-6-10-15/h7-8,11-12,15,17H,2-6,9-10,13H2,1H3. The zero-order chi connectivity index (χ0) is 12.6. The quantitative estimate of drug-likeness (QED) is 0.797. The second-order valence-corrected chi connectivity index (χ2v) is 5.16. The molecule has 1 aliphatic carbocycles. The molecule has 2 nitrogen and oxygen atoms in total. The van der Waals surface area contributed by atoms with Gasteiger partial charge in [0.05, 0.1) is 6.10 Å². The van der Waals surface area contributed by atoms with Crippen LogP contribution in [0.3, 0.4) is 0 Å². The monoisotopic (exact) mass is 247 g/mol. The van der Waals surface area contributed by atoms with E-state index in [-0.39, 0.29) is 0 Å². The van der Waals surface area contributed by atoms with E-state index in [1.54, 1.807) is 0 Å². The van der Waals surface area contributed by atoms with Gasteiger partial charge in [0.1, 0.15) is 5.75 Å². The van der Waals surface area contributed by atoms with E-state index in [4.69, 9.17) is 4.74 Å². The summed E-state index contributed by atoms with van der Waals surface area (Å²) in [5.74, 6) is 1.04. The average Bonchev–Trinajstić information content (AvgIpc) is 2.65. The van der Waals surface area contributed by atoms with E-state index in [0.29, 0.717) is 6.10 Å². The number of benzene rings is 1. The fourth-order valence-corrected chi connectivity index (χ4v) is 2.55. The Bertz CT molecular complexity index is 343. The second kappa shape index (κ2) is 7.42. The Labute approximate surface area is 111 Å². The van der Waals surface area contributed by atoms with E-state index in [2.05, 4.69) is 36.5 Å². The van der Waals surface area contributed by atoms with Crippen molar-refractivity contribution >= 4 is 0 Å². The molecule has 0 spiro atoms. The van der Waals surface area contributed by atoms with Crippen LogP contribution in [-0.4, -0.2) is 12.6 Å². The van der Waals surface area contributed by atoms with Gasteiger partial charge in [-0.1, -0.05) is 31.9 Å². The van der Waals surface area contributed by atoms with E-state index in [9.17, 15) is 0 Å². The summed E-state index contributed by atoms with van der Waals surface area (Å²) in [6, 6.07) is 8.51. The molecule has 0 radical (unpaired) electrons. The molecule has 0 bridgehead atoms. The van der Waals surface area contributed by atoms with Gasteiger partial charge >= 0.3 is 0 Å². The van der Waals surface area contributed by atoms with E-state index in [1.165, 1.54) is 44.1 Å². The summed E-state index contributed by atoms with van der Waals surface area (Å²) in [6.45, 7) is 4.07. The largest absolute Gasteiger partial charge is 0.490 e. The molecule has 0 aliphatic heterocycles. The smallest absolute Gasteiger partial charge is 0.120 e. The lowest BCUT2D eigenvalue weighted by molar-refractivity contribution is 0.183. The highest BCUT2D eigenvalue weighted by atomic mass is 16.5. The van der Waals surface area contributed by atoms with Gasteiger partial charge < -0.3 is 10.1 Å². The lowest BCUT2D eigenvalue weighted by Gasteiger charge is -2.17. The normalized spacial score (nSPS) is 17.4. The Kier molecular flexibility index (Phi) is 5.53. The van der Waals surface area contributed by atoms with Crippen LogP contribution in [0, 0.1) is 0 Å². The second-order valence-electron chi connectivity index (χ2n) is 5.16. The van der Waals surface area contributed by atoms with Crippen molar-refractivity contribution in [3.8, 4) is 5.75 Å². The van der Waals surface area contributed by atoms with Gasteiger partial charge in [-0.25, -0.2) is 0 Å². The zero-order valence-electron chi connectivity index (χ0n) is 11.5. The Hall–Kier alpha value is -1.02. The van der Waals surface area contributed by atoms with Crippen LogP contribution in [-0.2, 0) is 6.54 Å². The van der Waals surface area contributed by atoms with Gasteiger partial charge in [-0.3, -0.25) is 0 Å². The van der Waals surface area contributed by atoms with Gasteiger partial charge in [0.25, 0.3) is 0 Å². The SMILES string of the molecule is CCNCc1cccc(OC2CCCCCC2)c1. The van der Waals surface area contributed by atoms with Crippen molar-refractivity contribution in [2.24, 2.45) is 0 Å². The van der Waals surface area contributed by atoms with Crippen LogP contribution in [0.15, 0.2) is 24.3 Å². The molecule has 1 saturated carbocycles. The van der Waals surface area contributed by atoms with Crippen molar-refractivity contribution < 1.29 is 4.74 Å².